The Kier molecular flexibility index (Phi) is 2.97. The van der Waals surface area contributed by atoms with Gasteiger partial charge in [0.05, 0.1) is 6.42 Å². The average Bonchev–Trinajstić information content (AvgIpc) is 2.62. The second kappa shape index (κ2) is 4.53. The van der Waals surface area contributed by atoms with Gasteiger partial charge in [0.1, 0.15) is 0 Å². The van der Waals surface area contributed by atoms with Crippen molar-refractivity contribution in [1.82, 2.24) is 0 Å². The number of fused-ring (bicyclic) bond motifs is 1. The molecule has 0 saturated heterocycles. The number of likely N-dealkylation sites (N-methyl/N-ethyl adjacent to an activating group) is 1. The topological polar surface area (TPSA) is 49.6 Å². The van der Waals surface area contributed by atoms with Crippen LogP contribution in [0.3, 0.4) is 0 Å². The highest BCUT2D eigenvalue weighted by Gasteiger charge is 2.28. The molecule has 1 aliphatic heterocycles. The second-order valence-electron chi connectivity index (χ2n) is 5.92. The molecule has 1 heterocycles. The highest BCUT2D eigenvalue weighted by molar-refractivity contribution is 6.01. The van der Waals surface area contributed by atoms with Gasteiger partial charge in [0.25, 0.3) is 0 Å². The SMILES string of the molecule is CN(CC1CC(N)C1)c1ccc2c(c1)CC(=O)N2C. The Morgan fingerprint density at radius 2 is 2.16 bits per heavy atom. The molecule has 4 nitrogen and oxygen atoms in total. The van der Waals surface area contributed by atoms with E-state index in [9.17, 15) is 4.79 Å². The summed E-state index contributed by atoms with van der Waals surface area (Å²) in [6.07, 6.45) is 2.80. The fourth-order valence-corrected chi connectivity index (χ4v) is 3.12. The summed E-state index contributed by atoms with van der Waals surface area (Å²) in [7, 11) is 3.96. The Labute approximate surface area is 114 Å². The molecule has 1 fully saturated rings. The first-order valence-electron chi connectivity index (χ1n) is 6.91. The summed E-state index contributed by atoms with van der Waals surface area (Å²) in [4.78, 5) is 15.7. The Morgan fingerprint density at radius 1 is 1.42 bits per heavy atom. The highest BCUT2D eigenvalue weighted by atomic mass is 16.2. The van der Waals surface area contributed by atoms with Gasteiger partial charge in [-0.25, -0.2) is 0 Å². The van der Waals surface area contributed by atoms with Crippen molar-refractivity contribution in [3.8, 4) is 0 Å². The van der Waals surface area contributed by atoms with Crippen molar-refractivity contribution in [2.75, 3.05) is 30.4 Å². The molecule has 1 aliphatic carbocycles. The van der Waals surface area contributed by atoms with E-state index < -0.39 is 0 Å². The molecular weight excluding hydrogens is 238 g/mol. The van der Waals surface area contributed by atoms with Crippen LogP contribution in [0, 0.1) is 5.92 Å². The van der Waals surface area contributed by atoms with E-state index in [2.05, 4.69) is 30.1 Å². The maximum Gasteiger partial charge on any atom is 0.231 e. The fraction of sp³-hybridized carbons (Fsp3) is 0.533. The molecule has 2 N–H and O–H groups in total. The summed E-state index contributed by atoms with van der Waals surface area (Å²) in [5, 5.41) is 0. The second-order valence-corrected chi connectivity index (χ2v) is 5.92. The molecule has 1 aromatic carbocycles. The van der Waals surface area contributed by atoms with Crippen molar-refractivity contribution in [2.24, 2.45) is 11.7 Å². The van der Waals surface area contributed by atoms with Crippen LogP contribution in [0.1, 0.15) is 18.4 Å². The Morgan fingerprint density at radius 3 is 2.84 bits per heavy atom. The molecule has 0 unspecified atom stereocenters. The van der Waals surface area contributed by atoms with Gasteiger partial charge in [0.15, 0.2) is 0 Å². The van der Waals surface area contributed by atoms with Crippen molar-refractivity contribution in [2.45, 2.75) is 25.3 Å². The van der Waals surface area contributed by atoms with Gasteiger partial charge in [-0.05, 0) is 42.5 Å². The molecule has 4 heteroatoms. The number of rotatable bonds is 3. The van der Waals surface area contributed by atoms with Crippen LogP contribution in [0.5, 0.6) is 0 Å². The van der Waals surface area contributed by atoms with Crippen LogP contribution in [-0.2, 0) is 11.2 Å². The lowest BCUT2D eigenvalue weighted by Crippen LogP contribution is -2.41. The molecule has 1 saturated carbocycles. The standard InChI is InChI=1S/C15H21N3O/c1-17(9-10-5-12(16)6-10)13-3-4-14-11(7-13)8-15(19)18(14)2/h3-4,7,10,12H,5-6,8-9,16H2,1-2H3. The number of nitrogens with two attached hydrogens (primary N) is 1. The predicted octanol–water partition coefficient (Wildman–Crippen LogP) is 1.38. The molecule has 0 atom stereocenters. The van der Waals surface area contributed by atoms with E-state index in [0.29, 0.717) is 12.5 Å². The third kappa shape index (κ3) is 2.21. The first kappa shape index (κ1) is 12.5. The number of benzene rings is 1. The van der Waals surface area contributed by atoms with Crippen LogP contribution in [0.15, 0.2) is 18.2 Å². The number of hydrogen-bond donors (Lipinski definition) is 1. The van der Waals surface area contributed by atoms with Crippen molar-refractivity contribution >= 4 is 17.3 Å². The number of hydrogen-bond acceptors (Lipinski definition) is 3. The zero-order valence-corrected chi connectivity index (χ0v) is 11.6. The minimum atomic E-state index is 0.180. The molecule has 19 heavy (non-hydrogen) atoms. The summed E-state index contributed by atoms with van der Waals surface area (Å²) in [5.74, 6) is 0.900. The first-order chi connectivity index (χ1) is 9.04. The molecule has 0 spiro atoms. The summed E-state index contributed by atoms with van der Waals surface area (Å²) in [6.45, 7) is 1.05. The average molecular weight is 259 g/mol. The van der Waals surface area contributed by atoms with Gasteiger partial charge in [-0.15, -0.1) is 0 Å². The van der Waals surface area contributed by atoms with Crippen LogP contribution in [0.25, 0.3) is 0 Å². The van der Waals surface area contributed by atoms with Crippen LogP contribution in [0.4, 0.5) is 11.4 Å². The number of carbonyl (C=O) groups excluding carboxylic acids is 1. The Bertz CT molecular complexity index is 508. The maximum atomic E-state index is 11.7. The van der Waals surface area contributed by atoms with Crippen molar-refractivity contribution < 1.29 is 4.79 Å². The van der Waals surface area contributed by atoms with E-state index in [4.69, 9.17) is 5.73 Å². The largest absolute Gasteiger partial charge is 0.374 e. The van der Waals surface area contributed by atoms with Gasteiger partial charge < -0.3 is 15.5 Å². The number of nitrogens with zero attached hydrogens (tertiary/aromatic N) is 2. The van der Waals surface area contributed by atoms with Gasteiger partial charge in [-0.2, -0.15) is 0 Å². The lowest BCUT2D eigenvalue weighted by molar-refractivity contribution is -0.117. The molecule has 1 amide bonds. The fourth-order valence-electron chi connectivity index (χ4n) is 3.12. The zero-order chi connectivity index (χ0) is 13.6. The summed E-state index contributed by atoms with van der Waals surface area (Å²) in [6, 6.07) is 6.71. The lowest BCUT2D eigenvalue weighted by Gasteiger charge is -2.36. The first-order valence-corrected chi connectivity index (χ1v) is 6.91. The van der Waals surface area contributed by atoms with Crippen LogP contribution >= 0.6 is 0 Å². The van der Waals surface area contributed by atoms with Gasteiger partial charge in [-0.1, -0.05) is 0 Å². The van der Waals surface area contributed by atoms with Gasteiger partial charge in [-0.3, -0.25) is 4.79 Å². The van der Waals surface area contributed by atoms with Crippen LogP contribution < -0.4 is 15.5 Å². The Hall–Kier alpha value is -1.55. The number of amides is 1. The molecule has 0 aromatic heterocycles. The van der Waals surface area contributed by atoms with E-state index in [1.807, 2.05) is 7.05 Å². The quantitative estimate of drug-likeness (QED) is 0.892. The van der Waals surface area contributed by atoms with E-state index in [1.54, 1.807) is 4.90 Å². The zero-order valence-electron chi connectivity index (χ0n) is 11.6. The molecular formula is C15H21N3O. The third-order valence-corrected chi connectivity index (χ3v) is 4.39. The Balaban J connectivity index is 1.72. The minimum Gasteiger partial charge on any atom is -0.374 e. The minimum absolute atomic E-state index is 0.180. The van der Waals surface area contributed by atoms with E-state index in [1.165, 1.54) is 5.69 Å². The molecule has 102 valence electrons. The molecule has 0 radical (unpaired) electrons. The maximum absolute atomic E-state index is 11.7. The smallest absolute Gasteiger partial charge is 0.231 e. The van der Waals surface area contributed by atoms with Crippen LogP contribution in [-0.4, -0.2) is 32.6 Å². The summed E-state index contributed by atoms with van der Waals surface area (Å²) >= 11 is 0. The lowest BCUT2D eigenvalue weighted by atomic mass is 9.80. The third-order valence-electron chi connectivity index (χ3n) is 4.39. The van der Waals surface area contributed by atoms with Crippen molar-refractivity contribution in [3.05, 3.63) is 23.8 Å². The number of carbonyl (C=O) groups is 1. The van der Waals surface area contributed by atoms with Gasteiger partial charge in [0.2, 0.25) is 5.91 Å². The highest BCUT2D eigenvalue weighted by Crippen LogP contribution is 2.32. The van der Waals surface area contributed by atoms with E-state index in [-0.39, 0.29) is 5.91 Å². The summed E-state index contributed by atoms with van der Waals surface area (Å²) < 4.78 is 0. The molecule has 1 aromatic rings. The van der Waals surface area contributed by atoms with E-state index >= 15 is 0 Å². The van der Waals surface area contributed by atoms with Crippen molar-refractivity contribution in [3.63, 3.8) is 0 Å². The van der Waals surface area contributed by atoms with Gasteiger partial charge >= 0.3 is 0 Å². The molecule has 3 rings (SSSR count). The predicted molar refractivity (Wildman–Crippen MR) is 77.5 cm³/mol. The van der Waals surface area contributed by atoms with E-state index in [0.717, 1.165) is 36.6 Å². The van der Waals surface area contributed by atoms with Crippen LogP contribution in [0.2, 0.25) is 0 Å². The normalized spacial score (nSPS) is 25.2. The van der Waals surface area contributed by atoms with Crippen molar-refractivity contribution in [1.29, 1.82) is 0 Å². The molecule has 0 bridgehead atoms. The summed E-state index contributed by atoms with van der Waals surface area (Å²) in [5.41, 5.74) is 9.21. The number of anilines is 2. The van der Waals surface area contributed by atoms with Gasteiger partial charge in [0, 0.05) is 38.1 Å². The molecule has 2 aliphatic rings. The monoisotopic (exact) mass is 259 g/mol.